The van der Waals surface area contributed by atoms with Crippen molar-refractivity contribution in [2.75, 3.05) is 0 Å². The molecular weight excluding hydrogens is 390 g/mol. The Morgan fingerprint density at radius 1 is 1.10 bits per heavy atom. The van der Waals surface area contributed by atoms with E-state index < -0.39 is 5.97 Å². The van der Waals surface area contributed by atoms with Crippen LogP contribution in [-0.4, -0.2) is 31.7 Å². The first-order valence-corrected chi connectivity index (χ1v) is 10.4. The minimum atomic E-state index is -0.808. The van der Waals surface area contributed by atoms with Crippen LogP contribution in [0.3, 0.4) is 0 Å². The number of rotatable bonds is 8. The van der Waals surface area contributed by atoms with Gasteiger partial charge in [-0.15, -0.1) is 0 Å². The van der Waals surface area contributed by atoms with Gasteiger partial charge < -0.3 is 9.84 Å². The molecule has 0 bridgehead atoms. The number of benzene rings is 2. The van der Waals surface area contributed by atoms with Crippen molar-refractivity contribution >= 4 is 17.0 Å². The van der Waals surface area contributed by atoms with E-state index in [9.17, 15) is 4.79 Å². The summed E-state index contributed by atoms with van der Waals surface area (Å²) in [5.41, 5.74) is 4.96. The normalized spacial score (nSPS) is 12.1. The molecule has 2 heterocycles. The van der Waals surface area contributed by atoms with Gasteiger partial charge in [-0.05, 0) is 56.2 Å². The van der Waals surface area contributed by atoms with Gasteiger partial charge in [-0.2, -0.15) is 0 Å². The quantitative estimate of drug-likeness (QED) is 0.416. The molecule has 0 aliphatic heterocycles. The Bertz CT molecular complexity index is 1180. The molecule has 0 fully saturated rings. The van der Waals surface area contributed by atoms with Crippen LogP contribution < -0.4 is 4.74 Å². The Balaban J connectivity index is 1.79. The lowest BCUT2D eigenvalue weighted by Crippen LogP contribution is -2.17. The summed E-state index contributed by atoms with van der Waals surface area (Å²) < 4.78 is 8.25. The average Bonchev–Trinajstić information content (AvgIpc) is 3.16. The van der Waals surface area contributed by atoms with Crippen LogP contribution in [0.4, 0.5) is 0 Å². The van der Waals surface area contributed by atoms with Crippen molar-refractivity contribution in [3.05, 3.63) is 72.6 Å². The second kappa shape index (κ2) is 9.00. The summed E-state index contributed by atoms with van der Waals surface area (Å²) >= 11 is 0. The zero-order chi connectivity index (χ0) is 21.8. The maximum absolute atomic E-state index is 10.9. The molecule has 158 valence electrons. The summed E-state index contributed by atoms with van der Waals surface area (Å²) in [4.78, 5) is 19.9. The highest BCUT2D eigenvalue weighted by molar-refractivity contribution is 5.84. The van der Waals surface area contributed by atoms with E-state index in [1.165, 1.54) is 5.56 Å². The monoisotopic (exact) mass is 415 g/mol. The zero-order valence-electron chi connectivity index (χ0n) is 17.7. The maximum Gasteiger partial charge on any atom is 0.303 e. The molecule has 1 unspecified atom stereocenters. The molecule has 1 atom stereocenters. The smallest absolute Gasteiger partial charge is 0.303 e. The fraction of sp³-hybridized carbons (Fsp3) is 0.240. The molecular formula is C25H25N3O3. The standard InChI is InChI=1S/C25H25N3O3/c1-3-20(9-11-24(29)30)31-21-8-10-22-23(16-21)28(19-6-4-17(2)5-7-19)25(27-22)18-12-14-26-15-13-18/h4-8,10,12-16,20H,3,9,11H2,1-2H3,(H,29,30). The summed E-state index contributed by atoms with van der Waals surface area (Å²) in [5.74, 6) is 0.729. The number of carboxylic acid groups (broad SMARTS) is 1. The highest BCUT2D eigenvalue weighted by Crippen LogP contribution is 2.31. The number of ether oxygens (including phenoxy) is 1. The first kappa shape index (κ1) is 20.6. The Morgan fingerprint density at radius 3 is 2.52 bits per heavy atom. The fourth-order valence-electron chi connectivity index (χ4n) is 3.60. The van der Waals surface area contributed by atoms with E-state index in [0.29, 0.717) is 12.2 Å². The molecule has 2 aromatic heterocycles. The van der Waals surface area contributed by atoms with E-state index in [0.717, 1.165) is 34.5 Å². The number of aromatic nitrogens is 3. The molecule has 0 aliphatic carbocycles. The van der Waals surface area contributed by atoms with E-state index in [1.54, 1.807) is 12.4 Å². The lowest BCUT2D eigenvalue weighted by molar-refractivity contribution is -0.137. The number of imidazole rings is 1. The van der Waals surface area contributed by atoms with Crippen LogP contribution in [-0.2, 0) is 4.79 Å². The van der Waals surface area contributed by atoms with Crippen LogP contribution in [0, 0.1) is 6.92 Å². The van der Waals surface area contributed by atoms with Crippen LogP contribution in [0.15, 0.2) is 67.0 Å². The Hall–Kier alpha value is -3.67. The van der Waals surface area contributed by atoms with Crippen LogP contribution in [0.1, 0.15) is 31.7 Å². The number of pyridine rings is 1. The topological polar surface area (TPSA) is 77.2 Å². The van der Waals surface area contributed by atoms with Crippen molar-refractivity contribution in [3.63, 3.8) is 0 Å². The summed E-state index contributed by atoms with van der Waals surface area (Å²) in [6, 6.07) is 18.0. The van der Waals surface area contributed by atoms with Gasteiger partial charge in [0.1, 0.15) is 11.6 Å². The highest BCUT2D eigenvalue weighted by atomic mass is 16.5. The second-order valence-electron chi connectivity index (χ2n) is 7.57. The molecule has 0 radical (unpaired) electrons. The van der Waals surface area contributed by atoms with Crippen molar-refractivity contribution < 1.29 is 14.6 Å². The predicted octanol–water partition coefficient (Wildman–Crippen LogP) is 5.42. The Kier molecular flexibility index (Phi) is 5.98. The summed E-state index contributed by atoms with van der Waals surface area (Å²) in [6.07, 6.45) is 4.68. The lowest BCUT2D eigenvalue weighted by atomic mass is 10.1. The van der Waals surface area contributed by atoms with Crippen LogP contribution in [0.5, 0.6) is 5.75 Å². The first-order chi connectivity index (χ1) is 15.0. The van der Waals surface area contributed by atoms with Crippen molar-refractivity contribution in [3.8, 4) is 22.8 Å². The van der Waals surface area contributed by atoms with Crippen LogP contribution in [0.2, 0.25) is 0 Å². The minimum Gasteiger partial charge on any atom is -0.490 e. The number of hydrogen-bond acceptors (Lipinski definition) is 4. The van der Waals surface area contributed by atoms with Crippen molar-refractivity contribution in [2.45, 2.75) is 39.2 Å². The van der Waals surface area contributed by atoms with Gasteiger partial charge in [0.05, 0.1) is 17.1 Å². The minimum absolute atomic E-state index is 0.0915. The van der Waals surface area contributed by atoms with Crippen LogP contribution >= 0.6 is 0 Å². The van der Waals surface area contributed by atoms with E-state index in [1.807, 2.05) is 37.3 Å². The number of fused-ring (bicyclic) bond motifs is 1. The van der Waals surface area contributed by atoms with E-state index in [4.69, 9.17) is 14.8 Å². The molecule has 4 aromatic rings. The zero-order valence-corrected chi connectivity index (χ0v) is 17.7. The molecule has 2 aromatic carbocycles. The fourth-order valence-corrected chi connectivity index (χ4v) is 3.60. The number of aliphatic carboxylic acids is 1. The van der Waals surface area contributed by atoms with Gasteiger partial charge in [-0.3, -0.25) is 14.3 Å². The Labute approximate surface area is 181 Å². The molecule has 1 N–H and O–H groups in total. The number of hydrogen-bond donors (Lipinski definition) is 1. The van der Waals surface area contributed by atoms with Crippen molar-refractivity contribution in [1.82, 2.24) is 14.5 Å². The number of nitrogens with zero attached hydrogens (tertiary/aromatic N) is 3. The van der Waals surface area contributed by atoms with Gasteiger partial charge in [-0.25, -0.2) is 4.98 Å². The first-order valence-electron chi connectivity index (χ1n) is 10.4. The number of carbonyl (C=O) groups is 1. The summed E-state index contributed by atoms with van der Waals surface area (Å²) in [6.45, 7) is 4.07. The summed E-state index contributed by atoms with van der Waals surface area (Å²) in [7, 11) is 0. The van der Waals surface area contributed by atoms with Crippen LogP contribution in [0.25, 0.3) is 28.1 Å². The molecule has 0 aliphatic rings. The van der Waals surface area contributed by atoms with E-state index in [2.05, 4.69) is 40.7 Å². The molecule has 4 rings (SSSR count). The largest absolute Gasteiger partial charge is 0.490 e. The molecule has 6 nitrogen and oxygen atoms in total. The van der Waals surface area contributed by atoms with Crippen molar-refractivity contribution in [2.24, 2.45) is 0 Å². The number of aryl methyl sites for hydroxylation is 1. The summed E-state index contributed by atoms with van der Waals surface area (Å²) in [5, 5.41) is 8.99. The SMILES string of the molecule is CCC(CCC(=O)O)Oc1ccc2nc(-c3ccncc3)n(-c3ccc(C)cc3)c2c1. The molecule has 6 heteroatoms. The third-order valence-corrected chi connectivity index (χ3v) is 5.29. The van der Waals surface area contributed by atoms with Gasteiger partial charge in [0, 0.05) is 36.1 Å². The van der Waals surface area contributed by atoms with Gasteiger partial charge in [0.15, 0.2) is 0 Å². The predicted molar refractivity (Wildman–Crippen MR) is 121 cm³/mol. The molecule has 0 amide bonds. The second-order valence-corrected chi connectivity index (χ2v) is 7.57. The molecule has 0 saturated heterocycles. The molecule has 31 heavy (non-hydrogen) atoms. The third kappa shape index (κ3) is 4.58. The van der Waals surface area contributed by atoms with Crippen molar-refractivity contribution in [1.29, 1.82) is 0 Å². The molecule has 0 saturated carbocycles. The Morgan fingerprint density at radius 2 is 1.84 bits per heavy atom. The van der Waals surface area contributed by atoms with Gasteiger partial charge in [-0.1, -0.05) is 24.6 Å². The highest BCUT2D eigenvalue weighted by Gasteiger charge is 2.17. The van der Waals surface area contributed by atoms with E-state index >= 15 is 0 Å². The maximum atomic E-state index is 10.9. The van der Waals surface area contributed by atoms with E-state index in [-0.39, 0.29) is 12.5 Å². The van der Waals surface area contributed by atoms with Gasteiger partial charge in [0.2, 0.25) is 0 Å². The third-order valence-electron chi connectivity index (χ3n) is 5.29. The van der Waals surface area contributed by atoms with Gasteiger partial charge >= 0.3 is 5.97 Å². The lowest BCUT2D eigenvalue weighted by Gasteiger charge is -2.17. The number of carboxylic acids is 1. The van der Waals surface area contributed by atoms with Gasteiger partial charge in [0.25, 0.3) is 0 Å². The average molecular weight is 415 g/mol. The molecule has 0 spiro atoms.